The molecule has 0 heterocycles. The molecule has 0 atom stereocenters. The molecule has 2 aromatic rings. The maximum absolute atomic E-state index is 12.5. The van der Waals surface area contributed by atoms with Crippen LogP contribution in [0.5, 0.6) is 0 Å². The molecule has 22 heavy (non-hydrogen) atoms. The van der Waals surface area contributed by atoms with Crippen molar-refractivity contribution in [2.75, 3.05) is 4.72 Å². The molecule has 1 N–H and O–H groups in total. The lowest BCUT2D eigenvalue weighted by Crippen LogP contribution is -2.13. The summed E-state index contributed by atoms with van der Waals surface area (Å²) in [6.07, 6.45) is 3.24. The summed E-state index contributed by atoms with van der Waals surface area (Å²) < 4.78 is 27.6. The molecule has 118 valence electrons. The smallest absolute Gasteiger partial charge is 0.261 e. The van der Waals surface area contributed by atoms with E-state index in [1.165, 1.54) is 5.56 Å². The van der Waals surface area contributed by atoms with Gasteiger partial charge >= 0.3 is 0 Å². The maximum Gasteiger partial charge on any atom is 0.261 e. The van der Waals surface area contributed by atoms with E-state index in [0.717, 1.165) is 30.4 Å². The van der Waals surface area contributed by atoms with Crippen LogP contribution >= 0.6 is 0 Å². The Kier molecular flexibility index (Phi) is 5.24. The summed E-state index contributed by atoms with van der Waals surface area (Å²) in [5.74, 6) is 0. The largest absolute Gasteiger partial charge is 0.279 e. The molecule has 0 aliphatic carbocycles. The van der Waals surface area contributed by atoms with Gasteiger partial charge in [0.1, 0.15) is 0 Å². The summed E-state index contributed by atoms with van der Waals surface area (Å²) in [5.41, 5.74) is 3.83. The number of unbranched alkanes of at least 4 members (excludes halogenated alkanes) is 1. The van der Waals surface area contributed by atoms with E-state index in [-0.39, 0.29) is 0 Å². The Morgan fingerprint density at radius 1 is 1.00 bits per heavy atom. The quantitative estimate of drug-likeness (QED) is 0.855. The average Bonchev–Trinajstić information content (AvgIpc) is 2.48. The molecular formula is C18H23NO2S. The van der Waals surface area contributed by atoms with Crippen molar-refractivity contribution in [3.8, 4) is 0 Å². The van der Waals surface area contributed by atoms with Gasteiger partial charge in [-0.15, -0.1) is 0 Å². The Bertz CT molecular complexity index is 734. The third-order valence-electron chi connectivity index (χ3n) is 3.68. The molecule has 0 amide bonds. The second-order valence-corrected chi connectivity index (χ2v) is 7.35. The minimum Gasteiger partial charge on any atom is -0.279 e. The lowest BCUT2D eigenvalue weighted by atomic mass is 10.1. The van der Waals surface area contributed by atoms with E-state index in [0.29, 0.717) is 10.6 Å². The highest BCUT2D eigenvalue weighted by atomic mass is 32.2. The van der Waals surface area contributed by atoms with Gasteiger partial charge in [-0.25, -0.2) is 8.42 Å². The molecule has 2 aromatic carbocycles. The molecule has 0 aliphatic rings. The van der Waals surface area contributed by atoms with Gasteiger partial charge in [-0.3, -0.25) is 4.72 Å². The summed E-state index contributed by atoms with van der Waals surface area (Å²) in [5, 5.41) is 0. The van der Waals surface area contributed by atoms with Crippen LogP contribution in [0.1, 0.15) is 36.5 Å². The second kappa shape index (κ2) is 6.97. The molecule has 3 nitrogen and oxygen atoms in total. The molecule has 0 bridgehead atoms. The lowest BCUT2D eigenvalue weighted by molar-refractivity contribution is 0.601. The standard InChI is InChI=1S/C18H23NO2S/c1-4-5-6-16-8-10-17(11-9-16)22(20,21)19-18-12-7-14(2)13-15(18)3/h7-13,19H,4-6H2,1-3H3. The van der Waals surface area contributed by atoms with Gasteiger partial charge in [-0.05, 0) is 56.0 Å². The Morgan fingerprint density at radius 2 is 1.68 bits per heavy atom. The summed E-state index contributed by atoms with van der Waals surface area (Å²) in [7, 11) is -3.54. The SMILES string of the molecule is CCCCc1ccc(S(=O)(=O)Nc2ccc(C)cc2C)cc1. The van der Waals surface area contributed by atoms with Gasteiger partial charge in [0.2, 0.25) is 0 Å². The van der Waals surface area contributed by atoms with E-state index in [1.807, 2.05) is 38.1 Å². The van der Waals surface area contributed by atoms with Crippen LogP contribution < -0.4 is 4.72 Å². The molecule has 0 spiro atoms. The first-order valence-electron chi connectivity index (χ1n) is 7.61. The Morgan fingerprint density at radius 3 is 2.27 bits per heavy atom. The molecule has 0 aromatic heterocycles. The van der Waals surface area contributed by atoms with E-state index in [2.05, 4.69) is 11.6 Å². The minimum absolute atomic E-state index is 0.299. The number of hydrogen-bond acceptors (Lipinski definition) is 2. The van der Waals surface area contributed by atoms with Crippen molar-refractivity contribution in [1.29, 1.82) is 0 Å². The number of anilines is 1. The van der Waals surface area contributed by atoms with E-state index >= 15 is 0 Å². The number of nitrogens with one attached hydrogen (secondary N) is 1. The van der Waals surface area contributed by atoms with Crippen LogP contribution in [0, 0.1) is 13.8 Å². The number of benzene rings is 2. The van der Waals surface area contributed by atoms with Gasteiger partial charge in [0.25, 0.3) is 10.0 Å². The molecule has 0 unspecified atom stereocenters. The van der Waals surface area contributed by atoms with Crippen LogP contribution in [-0.2, 0) is 16.4 Å². The van der Waals surface area contributed by atoms with Crippen molar-refractivity contribution < 1.29 is 8.42 Å². The van der Waals surface area contributed by atoms with Crippen LogP contribution in [0.25, 0.3) is 0 Å². The Labute approximate surface area is 133 Å². The van der Waals surface area contributed by atoms with Crippen molar-refractivity contribution in [3.63, 3.8) is 0 Å². The average molecular weight is 317 g/mol. The van der Waals surface area contributed by atoms with E-state index in [9.17, 15) is 8.42 Å². The first kappa shape index (κ1) is 16.6. The highest BCUT2D eigenvalue weighted by Gasteiger charge is 2.15. The number of hydrogen-bond donors (Lipinski definition) is 1. The minimum atomic E-state index is -3.54. The summed E-state index contributed by atoms with van der Waals surface area (Å²) >= 11 is 0. The zero-order valence-corrected chi connectivity index (χ0v) is 14.2. The molecule has 0 radical (unpaired) electrons. The number of aryl methyl sites for hydroxylation is 3. The number of sulfonamides is 1. The van der Waals surface area contributed by atoms with Crippen molar-refractivity contribution in [2.45, 2.75) is 44.9 Å². The van der Waals surface area contributed by atoms with Gasteiger partial charge in [-0.1, -0.05) is 43.2 Å². The zero-order chi connectivity index (χ0) is 16.2. The predicted molar refractivity (Wildman–Crippen MR) is 91.8 cm³/mol. The van der Waals surface area contributed by atoms with Crippen LogP contribution in [0.15, 0.2) is 47.4 Å². The lowest BCUT2D eigenvalue weighted by Gasteiger charge is -2.11. The molecule has 4 heteroatoms. The van der Waals surface area contributed by atoms with Crippen LogP contribution in [0.3, 0.4) is 0 Å². The zero-order valence-electron chi connectivity index (χ0n) is 13.4. The fraction of sp³-hybridized carbons (Fsp3) is 0.333. The summed E-state index contributed by atoms with van der Waals surface area (Å²) in [6.45, 7) is 6.03. The summed E-state index contributed by atoms with van der Waals surface area (Å²) in [6, 6.07) is 12.8. The Hall–Kier alpha value is -1.81. The fourth-order valence-electron chi connectivity index (χ4n) is 2.35. The molecule has 0 aliphatic heterocycles. The molecule has 0 saturated heterocycles. The topological polar surface area (TPSA) is 46.2 Å². The van der Waals surface area contributed by atoms with Crippen LogP contribution in [0.4, 0.5) is 5.69 Å². The third kappa shape index (κ3) is 4.10. The first-order valence-corrected chi connectivity index (χ1v) is 9.09. The molecular weight excluding hydrogens is 294 g/mol. The summed E-state index contributed by atoms with van der Waals surface area (Å²) in [4.78, 5) is 0.299. The highest BCUT2D eigenvalue weighted by molar-refractivity contribution is 7.92. The van der Waals surface area contributed by atoms with Crippen LogP contribution in [0.2, 0.25) is 0 Å². The number of rotatable bonds is 6. The molecule has 2 rings (SSSR count). The van der Waals surface area contributed by atoms with E-state index in [1.54, 1.807) is 18.2 Å². The van der Waals surface area contributed by atoms with E-state index in [4.69, 9.17) is 0 Å². The van der Waals surface area contributed by atoms with Crippen molar-refractivity contribution in [3.05, 3.63) is 59.2 Å². The highest BCUT2D eigenvalue weighted by Crippen LogP contribution is 2.21. The Balaban J connectivity index is 2.19. The normalized spacial score (nSPS) is 11.4. The van der Waals surface area contributed by atoms with Gasteiger partial charge < -0.3 is 0 Å². The second-order valence-electron chi connectivity index (χ2n) is 5.67. The van der Waals surface area contributed by atoms with Gasteiger partial charge in [0.15, 0.2) is 0 Å². The fourth-order valence-corrected chi connectivity index (χ4v) is 3.48. The monoisotopic (exact) mass is 317 g/mol. The van der Waals surface area contributed by atoms with Crippen molar-refractivity contribution in [2.24, 2.45) is 0 Å². The van der Waals surface area contributed by atoms with Gasteiger partial charge in [0.05, 0.1) is 10.6 Å². The van der Waals surface area contributed by atoms with Crippen LogP contribution in [-0.4, -0.2) is 8.42 Å². The van der Waals surface area contributed by atoms with Gasteiger partial charge in [0, 0.05) is 0 Å². The van der Waals surface area contributed by atoms with Gasteiger partial charge in [-0.2, -0.15) is 0 Å². The third-order valence-corrected chi connectivity index (χ3v) is 5.06. The van der Waals surface area contributed by atoms with E-state index < -0.39 is 10.0 Å². The first-order chi connectivity index (χ1) is 10.4. The van der Waals surface area contributed by atoms with Crippen molar-refractivity contribution >= 4 is 15.7 Å². The molecule has 0 saturated carbocycles. The predicted octanol–water partition coefficient (Wildman–Crippen LogP) is 4.45. The molecule has 0 fully saturated rings. The maximum atomic E-state index is 12.5. The van der Waals surface area contributed by atoms with Crippen molar-refractivity contribution in [1.82, 2.24) is 0 Å².